The number of benzene rings is 2. The number of hydrogen-bond donors (Lipinski definition) is 1. The third kappa shape index (κ3) is 4.73. The molecule has 2 aromatic heterocycles. The maximum Gasteiger partial charge on any atom is 0.262 e. The lowest BCUT2D eigenvalue weighted by Crippen LogP contribution is -2.35. The van der Waals surface area contributed by atoms with Crippen LogP contribution in [-0.2, 0) is 11.8 Å². The van der Waals surface area contributed by atoms with E-state index in [-0.39, 0.29) is 5.91 Å². The smallest absolute Gasteiger partial charge is 0.262 e. The number of anilines is 1. The second-order valence-electron chi connectivity index (χ2n) is 8.15. The van der Waals surface area contributed by atoms with Crippen LogP contribution >= 0.6 is 22.9 Å². The summed E-state index contributed by atoms with van der Waals surface area (Å²) in [5, 5.41) is 4.95. The van der Waals surface area contributed by atoms with Gasteiger partial charge in [-0.15, -0.1) is 11.3 Å². The summed E-state index contributed by atoms with van der Waals surface area (Å²) in [5.74, 6) is 0.619. The van der Waals surface area contributed by atoms with Crippen LogP contribution < -0.4 is 10.2 Å². The number of ether oxygens (including phenoxy) is 1. The topological polar surface area (TPSA) is 59.4 Å². The SMILES string of the molecule is Cn1ccnc1C(NC(=O)c1cc(-c2ccccc2)c(N2CCOCC2)s1)c1ccc(Cl)cc1. The number of nitrogens with zero attached hydrogens (tertiary/aromatic N) is 3. The molecule has 0 spiro atoms. The van der Waals surface area contributed by atoms with Gasteiger partial charge in [0.05, 0.1) is 23.1 Å². The van der Waals surface area contributed by atoms with Crippen LogP contribution in [0.15, 0.2) is 73.1 Å². The van der Waals surface area contributed by atoms with Crippen LogP contribution in [0, 0.1) is 0 Å². The number of thiophene rings is 1. The van der Waals surface area contributed by atoms with Crippen LogP contribution in [0.1, 0.15) is 27.1 Å². The number of rotatable bonds is 6. The van der Waals surface area contributed by atoms with Gasteiger partial charge in [0.15, 0.2) is 0 Å². The van der Waals surface area contributed by atoms with E-state index in [2.05, 4.69) is 27.3 Å². The molecular weight excluding hydrogens is 468 g/mol. The zero-order valence-electron chi connectivity index (χ0n) is 18.8. The van der Waals surface area contributed by atoms with Crippen molar-refractivity contribution in [2.75, 3.05) is 31.2 Å². The molecule has 5 rings (SSSR count). The number of hydrogen-bond acceptors (Lipinski definition) is 5. The Hall–Kier alpha value is -3.13. The Labute approximate surface area is 207 Å². The Morgan fingerprint density at radius 3 is 2.53 bits per heavy atom. The number of carbonyl (C=O) groups excluding carboxylic acids is 1. The molecule has 0 saturated carbocycles. The summed E-state index contributed by atoms with van der Waals surface area (Å²) in [4.78, 5) is 21.0. The first-order valence-electron chi connectivity index (χ1n) is 11.2. The van der Waals surface area contributed by atoms with Gasteiger partial charge in [-0.05, 0) is 29.3 Å². The van der Waals surface area contributed by atoms with Gasteiger partial charge in [0.2, 0.25) is 0 Å². The average molecular weight is 493 g/mol. The van der Waals surface area contributed by atoms with Gasteiger partial charge in [0.1, 0.15) is 11.9 Å². The molecule has 34 heavy (non-hydrogen) atoms. The van der Waals surface area contributed by atoms with Crippen LogP contribution in [-0.4, -0.2) is 41.8 Å². The quantitative estimate of drug-likeness (QED) is 0.404. The molecule has 8 heteroatoms. The van der Waals surface area contributed by atoms with Crippen molar-refractivity contribution in [3.05, 3.63) is 94.3 Å². The summed E-state index contributed by atoms with van der Waals surface area (Å²) in [5.41, 5.74) is 3.08. The first kappa shape index (κ1) is 22.7. The van der Waals surface area contributed by atoms with Crippen molar-refractivity contribution in [3.8, 4) is 11.1 Å². The minimum absolute atomic E-state index is 0.135. The Bertz CT molecular complexity index is 1260. The van der Waals surface area contributed by atoms with Gasteiger partial charge in [-0.1, -0.05) is 54.1 Å². The van der Waals surface area contributed by atoms with Crippen LogP contribution in [0.3, 0.4) is 0 Å². The van der Waals surface area contributed by atoms with E-state index in [1.165, 1.54) is 11.3 Å². The number of imidazole rings is 1. The van der Waals surface area contributed by atoms with E-state index in [0.717, 1.165) is 40.6 Å². The molecule has 4 aromatic rings. The normalized spacial score (nSPS) is 14.7. The average Bonchev–Trinajstić information content (AvgIpc) is 3.51. The van der Waals surface area contributed by atoms with Gasteiger partial charge in [0, 0.05) is 43.1 Å². The molecule has 1 fully saturated rings. The minimum Gasteiger partial charge on any atom is -0.378 e. The summed E-state index contributed by atoms with van der Waals surface area (Å²) in [7, 11) is 1.92. The molecule has 1 aliphatic rings. The summed E-state index contributed by atoms with van der Waals surface area (Å²) in [6, 6.07) is 19.3. The highest BCUT2D eigenvalue weighted by Crippen LogP contribution is 2.39. The largest absolute Gasteiger partial charge is 0.378 e. The lowest BCUT2D eigenvalue weighted by atomic mass is 10.1. The highest BCUT2D eigenvalue weighted by Gasteiger charge is 2.25. The third-order valence-corrected chi connectivity index (χ3v) is 7.36. The van der Waals surface area contributed by atoms with Crippen molar-refractivity contribution in [1.82, 2.24) is 14.9 Å². The fourth-order valence-electron chi connectivity index (χ4n) is 4.13. The van der Waals surface area contributed by atoms with Crippen molar-refractivity contribution < 1.29 is 9.53 Å². The summed E-state index contributed by atoms with van der Waals surface area (Å²) in [6.07, 6.45) is 3.61. The maximum absolute atomic E-state index is 13.6. The molecule has 2 aromatic carbocycles. The zero-order valence-corrected chi connectivity index (χ0v) is 20.4. The number of halogens is 1. The van der Waals surface area contributed by atoms with Crippen molar-refractivity contribution in [2.45, 2.75) is 6.04 Å². The van der Waals surface area contributed by atoms with E-state index in [1.807, 2.05) is 66.3 Å². The predicted molar refractivity (Wildman–Crippen MR) is 137 cm³/mol. The first-order chi connectivity index (χ1) is 16.6. The van der Waals surface area contributed by atoms with Crippen molar-refractivity contribution >= 4 is 33.8 Å². The Morgan fingerprint density at radius 1 is 1.12 bits per heavy atom. The van der Waals surface area contributed by atoms with Gasteiger partial charge >= 0.3 is 0 Å². The molecule has 0 radical (unpaired) electrons. The minimum atomic E-state index is -0.404. The Balaban J connectivity index is 1.50. The van der Waals surface area contributed by atoms with Crippen LogP contribution in [0.4, 0.5) is 5.00 Å². The van der Waals surface area contributed by atoms with Gasteiger partial charge in [-0.3, -0.25) is 4.79 Å². The van der Waals surface area contributed by atoms with E-state index in [9.17, 15) is 4.79 Å². The van der Waals surface area contributed by atoms with Crippen LogP contribution in [0.5, 0.6) is 0 Å². The number of amides is 1. The molecular formula is C26H25ClN4O2S. The second-order valence-corrected chi connectivity index (χ2v) is 9.62. The molecule has 1 aliphatic heterocycles. The molecule has 1 saturated heterocycles. The van der Waals surface area contributed by atoms with Crippen molar-refractivity contribution in [3.63, 3.8) is 0 Å². The molecule has 1 unspecified atom stereocenters. The van der Waals surface area contributed by atoms with Crippen LogP contribution in [0.2, 0.25) is 5.02 Å². The number of aryl methyl sites for hydroxylation is 1. The van der Waals surface area contributed by atoms with Gasteiger partial charge in [0.25, 0.3) is 5.91 Å². The summed E-state index contributed by atoms with van der Waals surface area (Å²) in [6.45, 7) is 2.99. The number of aromatic nitrogens is 2. The molecule has 0 bridgehead atoms. The maximum atomic E-state index is 13.6. The highest BCUT2D eigenvalue weighted by atomic mass is 35.5. The molecule has 1 N–H and O–H groups in total. The molecule has 6 nitrogen and oxygen atoms in total. The fraction of sp³-hybridized carbons (Fsp3) is 0.231. The van der Waals surface area contributed by atoms with E-state index in [1.54, 1.807) is 6.20 Å². The monoisotopic (exact) mass is 492 g/mol. The summed E-state index contributed by atoms with van der Waals surface area (Å²) < 4.78 is 7.47. The molecule has 174 valence electrons. The fourth-order valence-corrected chi connectivity index (χ4v) is 5.39. The number of nitrogens with one attached hydrogen (secondary N) is 1. The molecule has 0 aliphatic carbocycles. The van der Waals surface area contributed by atoms with Gasteiger partial charge in [-0.25, -0.2) is 4.98 Å². The Kier molecular flexibility index (Phi) is 6.67. The van der Waals surface area contributed by atoms with Crippen molar-refractivity contribution in [2.24, 2.45) is 7.05 Å². The van der Waals surface area contributed by atoms with E-state index in [0.29, 0.717) is 23.1 Å². The lowest BCUT2D eigenvalue weighted by Gasteiger charge is -2.28. The van der Waals surface area contributed by atoms with Crippen LogP contribution in [0.25, 0.3) is 11.1 Å². The van der Waals surface area contributed by atoms with Crippen molar-refractivity contribution in [1.29, 1.82) is 0 Å². The van der Waals surface area contributed by atoms with Gasteiger partial charge in [-0.2, -0.15) is 0 Å². The lowest BCUT2D eigenvalue weighted by molar-refractivity contribution is 0.0945. The number of carbonyl (C=O) groups is 1. The van der Waals surface area contributed by atoms with Gasteiger partial charge < -0.3 is 19.5 Å². The summed E-state index contributed by atoms with van der Waals surface area (Å²) >= 11 is 7.63. The predicted octanol–water partition coefficient (Wildman–Crippen LogP) is 5.16. The number of morpholine rings is 1. The zero-order chi connectivity index (χ0) is 23.5. The molecule has 3 heterocycles. The standard InChI is InChI=1S/C26H25ClN4O2S/c1-30-12-11-28-24(30)23(19-7-9-20(27)10-8-19)29-25(32)22-17-21(18-5-3-2-4-6-18)26(34-22)31-13-15-33-16-14-31/h2-12,17,23H,13-16H2,1H3,(H,29,32). The third-order valence-electron chi connectivity index (χ3n) is 5.91. The molecule has 1 amide bonds. The first-order valence-corrected chi connectivity index (χ1v) is 12.3. The highest BCUT2D eigenvalue weighted by molar-refractivity contribution is 7.18. The van der Waals surface area contributed by atoms with E-state index >= 15 is 0 Å². The second kappa shape index (κ2) is 10.0. The van der Waals surface area contributed by atoms with E-state index in [4.69, 9.17) is 16.3 Å². The van der Waals surface area contributed by atoms with E-state index < -0.39 is 6.04 Å². The Morgan fingerprint density at radius 2 is 1.85 bits per heavy atom. The molecule has 1 atom stereocenters.